The predicted octanol–water partition coefficient (Wildman–Crippen LogP) is 3.36. The predicted molar refractivity (Wildman–Crippen MR) is 119 cm³/mol. The maximum absolute atomic E-state index is 13.0. The topological polar surface area (TPSA) is 87.7 Å². The highest BCUT2D eigenvalue weighted by Crippen LogP contribution is 2.34. The second kappa shape index (κ2) is 10.8. The van der Waals surface area contributed by atoms with Crippen molar-refractivity contribution < 1.29 is 19.1 Å². The average molecular weight is 426 g/mol. The first-order valence-corrected chi connectivity index (χ1v) is 10.8. The van der Waals surface area contributed by atoms with Crippen LogP contribution in [0.15, 0.2) is 54.1 Å². The highest BCUT2D eigenvalue weighted by atomic mass is 16.5. The number of esters is 1. The van der Waals surface area contributed by atoms with Crippen LogP contribution in [-0.2, 0) is 14.3 Å². The zero-order chi connectivity index (χ0) is 22.2. The minimum absolute atomic E-state index is 0.0914. The molecule has 2 aliphatic rings. The molecule has 3 amide bonds. The summed E-state index contributed by atoms with van der Waals surface area (Å²) in [7, 11) is 1.28. The van der Waals surface area contributed by atoms with Crippen LogP contribution in [0, 0.1) is 17.8 Å². The number of likely N-dealkylation sites (tertiary alicyclic amines) is 1. The number of ether oxygens (including phenoxy) is 1. The first kappa shape index (κ1) is 22.6. The fraction of sp³-hybridized carbons (Fsp3) is 0.458. The van der Waals surface area contributed by atoms with Gasteiger partial charge in [0.25, 0.3) is 0 Å². The van der Waals surface area contributed by atoms with Crippen molar-refractivity contribution in [2.75, 3.05) is 32.1 Å². The summed E-state index contributed by atoms with van der Waals surface area (Å²) >= 11 is 0. The van der Waals surface area contributed by atoms with E-state index in [1.165, 1.54) is 12.7 Å². The van der Waals surface area contributed by atoms with E-state index in [-0.39, 0.29) is 36.2 Å². The van der Waals surface area contributed by atoms with Crippen LogP contribution in [0.4, 0.5) is 10.5 Å². The Kier molecular flexibility index (Phi) is 7.87. The third kappa shape index (κ3) is 6.20. The van der Waals surface area contributed by atoms with Gasteiger partial charge < -0.3 is 20.3 Å². The second-order valence-corrected chi connectivity index (χ2v) is 8.08. The van der Waals surface area contributed by atoms with Crippen molar-refractivity contribution in [3.8, 4) is 0 Å². The number of piperidine rings is 1. The summed E-state index contributed by atoms with van der Waals surface area (Å²) in [6, 6.07) is 8.98. The van der Waals surface area contributed by atoms with Crippen LogP contribution in [-0.4, -0.2) is 49.6 Å². The molecule has 166 valence electrons. The fourth-order valence-corrected chi connectivity index (χ4v) is 4.19. The fourth-order valence-electron chi connectivity index (χ4n) is 4.19. The number of carbonyl (C=O) groups excluding carboxylic acids is 3. The summed E-state index contributed by atoms with van der Waals surface area (Å²) in [6.07, 6.45) is 9.24. The molecule has 1 fully saturated rings. The summed E-state index contributed by atoms with van der Waals surface area (Å²) in [4.78, 5) is 38.8. The summed E-state index contributed by atoms with van der Waals surface area (Å²) < 4.78 is 4.60. The van der Waals surface area contributed by atoms with Gasteiger partial charge in [-0.3, -0.25) is 9.59 Å². The van der Waals surface area contributed by atoms with Gasteiger partial charge >= 0.3 is 12.0 Å². The number of anilines is 1. The van der Waals surface area contributed by atoms with Crippen molar-refractivity contribution in [1.82, 2.24) is 10.2 Å². The Bertz CT molecular complexity index is 850. The molecule has 1 heterocycles. The molecular weight excluding hydrogens is 394 g/mol. The Balaban J connectivity index is 1.71. The molecular formula is C24H31N3O4. The minimum Gasteiger partial charge on any atom is -0.468 e. The number of allylic oxidation sites excluding steroid dienone is 4. The summed E-state index contributed by atoms with van der Waals surface area (Å²) in [6.45, 7) is 2.80. The number of hydrogen-bond donors (Lipinski definition) is 2. The van der Waals surface area contributed by atoms with Gasteiger partial charge in [0, 0.05) is 18.8 Å². The Hall–Kier alpha value is -3.09. The number of nitrogens with zero attached hydrogens (tertiary/aromatic N) is 1. The van der Waals surface area contributed by atoms with E-state index in [2.05, 4.69) is 40.5 Å². The van der Waals surface area contributed by atoms with E-state index in [1.54, 1.807) is 4.90 Å². The molecule has 3 unspecified atom stereocenters. The van der Waals surface area contributed by atoms with Gasteiger partial charge in [-0.2, -0.15) is 0 Å². The Morgan fingerprint density at radius 2 is 1.94 bits per heavy atom. The lowest BCUT2D eigenvalue weighted by molar-refractivity contribution is -0.139. The van der Waals surface area contributed by atoms with E-state index in [9.17, 15) is 14.4 Å². The highest BCUT2D eigenvalue weighted by molar-refractivity contribution is 5.93. The SMILES string of the molecule is CCC1=CCC(C2CC(C(=O)Nc3ccccc3)CN(C(=O)NCC(=O)OC)C2)C=C1. The molecule has 31 heavy (non-hydrogen) atoms. The van der Waals surface area contributed by atoms with E-state index >= 15 is 0 Å². The van der Waals surface area contributed by atoms with Crippen LogP contribution in [0.5, 0.6) is 0 Å². The lowest BCUT2D eigenvalue weighted by Crippen LogP contribution is -2.52. The van der Waals surface area contributed by atoms with Crippen LogP contribution in [0.2, 0.25) is 0 Å². The number of urea groups is 1. The third-order valence-corrected chi connectivity index (χ3v) is 6.02. The molecule has 0 saturated carbocycles. The zero-order valence-electron chi connectivity index (χ0n) is 18.2. The third-order valence-electron chi connectivity index (χ3n) is 6.02. The summed E-state index contributed by atoms with van der Waals surface area (Å²) in [5, 5.41) is 5.57. The number of hydrogen-bond acceptors (Lipinski definition) is 4. The molecule has 1 aliphatic heterocycles. The summed E-state index contributed by atoms with van der Waals surface area (Å²) in [5.41, 5.74) is 2.06. The minimum atomic E-state index is -0.507. The van der Waals surface area contributed by atoms with Crippen LogP contribution in [0.25, 0.3) is 0 Å². The van der Waals surface area contributed by atoms with Gasteiger partial charge in [-0.25, -0.2) is 4.79 Å². The molecule has 1 saturated heterocycles. The normalized spacial score (nSPS) is 23.0. The van der Waals surface area contributed by atoms with E-state index < -0.39 is 5.97 Å². The molecule has 1 aliphatic carbocycles. The van der Waals surface area contributed by atoms with Gasteiger partial charge in [0.1, 0.15) is 6.54 Å². The Labute approximate surface area is 183 Å². The molecule has 0 radical (unpaired) electrons. The number of nitrogens with one attached hydrogen (secondary N) is 2. The van der Waals surface area contributed by atoms with Crippen LogP contribution < -0.4 is 10.6 Å². The highest BCUT2D eigenvalue weighted by Gasteiger charge is 2.37. The Morgan fingerprint density at radius 1 is 1.16 bits per heavy atom. The molecule has 3 rings (SSSR count). The lowest BCUT2D eigenvalue weighted by atomic mass is 9.77. The zero-order valence-corrected chi connectivity index (χ0v) is 18.2. The van der Waals surface area contributed by atoms with Gasteiger partial charge in [0.2, 0.25) is 5.91 Å². The van der Waals surface area contributed by atoms with Gasteiger partial charge in [0.15, 0.2) is 0 Å². The number of methoxy groups -OCH3 is 1. The van der Waals surface area contributed by atoms with Crippen molar-refractivity contribution >= 4 is 23.6 Å². The van der Waals surface area contributed by atoms with E-state index in [0.717, 1.165) is 18.5 Å². The van der Waals surface area contributed by atoms with Gasteiger partial charge in [-0.1, -0.05) is 48.9 Å². The van der Waals surface area contributed by atoms with Crippen molar-refractivity contribution in [2.45, 2.75) is 26.2 Å². The summed E-state index contributed by atoms with van der Waals surface area (Å²) in [5.74, 6) is -0.486. The van der Waals surface area contributed by atoms with Crippen molar-refractivity contribution in [3.05, 3.63) is 54.1 Å². The number of carbonyl (C=O) groups is 3. The van der Waals surface area contributed by atoms with Crippen LogP contribution in [0.1, 0.15) is 26.2 Å². The number of benzene rings is 1. The van der Waals surface area contributed by atoms with Crippen LogP contribution >= 0.6 is 0 Å². The maximum atomic E-state index is 13.0. The average Bonchev–Trinajstić information content (AvgIpc) is 2.82. The van der Waals surface area contributed by atoms with E-state index in [4.69, 9.17) is 0 Å². The maximum Gasteiger partial charge on any atom is 0.325 e. The lowest BCUT2D eigenvalue weighted by Gasteiger charge is -2.40. The molecule has 7 heteroatoms. The standard InChI is InChI=1S/C24H31N3O4/c1-3-17-9-11-18(12-10-17)19-13-20(23(29)26-21-7-5-4-6-8-21)16-27(15-19)24(30)25-14-22(28)31-2/h4-11,18-20H,3,12-16H2,1-2H3,(H,25,30)(H,26,29). The largest absolute Gasteiger partial charge is 0.468 e. The van der Waals surface area contributed by atoms with Crippen molar-refractivity contribution in [1.29, 1.82) is 0 Å². The smallest absolute Gasteiger partial charge is 0.325 e. The molecule has 1 aromatic rings. The molecule has 0 aromatic heterocycles. The van der Waals surface area contributed by atoms with Crippen LogP contribution in [0.3, 0.4) is 0 Å². The number of amides is 3. The molecule has 0 bridgehead atoms. The quantitative estimate of drug-likeness (QED) is 0.684. The first-order chi connectivity index (χ1) is 15.0. The van der Waals surface area contributed by atoms with Gasteiger partial charge in [-0.15, -0.1) is 0 Å². The Morgan fingerprint density at radius 3 is 2.58 bits per heavy atom. The molecule has 0 spiro atoms. The first-order valence-electron chi connectivity index (χ1n) is 10.8. The number of rotatable bonds is 6. The second-order valence-electron chi connectivity index (χ2n) is 8.08. The molecule has 2 N–H and O–H groups in total. The van der Waals surface area contributed by atoms with Crippen molar-refractivity contribution in [2.24, 2.45) is 17.8 Å². The van der Waals surface area contributed by atoms with E-state index in [1.807, 2.05) is 30.3 Å². The molecule has 7 nitrogen and oxygen atoms in total. The van der Waals surface area contributed by atoms with E-state index in [0.29, 0.717) is 19.5 Å². The van der Waals surface area contributed by atoms with Gasteiger partial charge in [-0.05, 0) is 43.2 Å². The molecule has 1 aromatic carbocycles. The van der Waals surface area contributed by atoms with Gasteiger partial charge in [0.05, 0.1) is 13.0 Å². The monoisotopic (exact) mass is 425 g/mol. The van der Waals surface area contributed by atoms with Crippen molar-refractivity contribution in [3.63, 3.8) is 0 Å². The number of para-hydroxylation sites is 1. The molecule has 3 atom stereocenters.